The van der Waals surface area contributed by atoms with Crippen molar-refractivity contribution in [3.05, 3.63) is 109 Å². The van der Waals surface area contributed by atoms with Crippen molar-refractivity contribution < 1.29 is 0 Å². The fourth-order valence-electron chi connectivity index (χ4n) is 4.72. The largest absolute Gasteiger partial charge is 0.277 e. The Kier molecular flexibility index (Phi) is 3.98. The quantitative estimate of drug-likeness (QED) is 0.289. The van der Waals surface area contributed by atoms with Crippen LogP contribution < -0.4 is 0 Å². The number of hydrogen-bond donors (Lipinski definition) is 0. The molecule has 33 heavy (non-hydrogen) atoms. The number of rotatable bonds is 3. The lowest BCUT2D eigenvalue weighted by molar-refractivity contribution is 0.935. The summed E-state index contributed by atoms with van der Waals surface area (Å²) in [6.07, 6.45) is 0. The molecule has 0 bridgehead atoms. The van der Waals surface area contributed by atoms with Gasteiger partial charge >= 0.3 is 0 Å². The zero-order valence-corrected chi connectivity index (χ0v) is 18.4. The summed E-state index contributed by atoms with van der Waals surface area (Å²) in [7, 11) is 0. The van der Waals surface area contributed by atoms with Gasteiger partial charge in [0.15, 0.2) is 5.82 Å². The average Bonchev–Trinajstić information content (AvgIpc) is 3.60. The monoisotopic (exact) mass is 442 g/mol. The molecule has 0 aliphatic heterocycles. The molecule has 0 saturated carbocycles. The molecule has 0 amide bonds. The van der Waals surface area contributed by atoms with Crippen molar-refractivity contribution in [3.63, 3.8) is 0 Å². The number of aromatic nitrogens is 4. The lowest BCUT2D eigenvalue weighted by Gasteiger charge is -2.13. The highest BCUT2D eigenvalue weighted by molar-refractivity contribution is 7.17. The van der Waals surface area contributed by atoms with E-state index >= 15 is 0 Å². The van der Waals surface area contributed by atoms with Crippen molar-refractivity contribution in [2.75, 3.05) is 0 Å². The Bertz CT molecular complexity index is 1760. The van der Waals surface area contributed by atoms with Gasteiger partial charge in [-0.05, 0) is 35.7 Å². The first-order chi connectivity index (χ1) is 16.4. The van der Waals surface area contributed by atoms with E-state index in [2.05, 4.69) is 93.4 Å². The maximum Gasteiger partial charge on any atom is 0.241 e. The molecule has 0 N–H and O–H groups in total. The highest BCUT2D eigenvalue weighted by atomic mass is 32.1. The molecule has 156 valence electrons. The molecular formula is C28H18N4S. The Morgan fingerprint density at radius 2 is 1.33 bits per heavy atom. The first-order valence-corrected chi connectivity index (χ1v) is 11.7. The van der Waals surface area contributed by atoms with E-state index in [9.17, 15) is 0 Å². The summed E-state index contributed by atoms with van der Waals surface area (Å²) in [5.41, 5.74) is 4.34. The van der Waals surface area contributed by atoms with Gasteiger partial charge in [0.1, 0.15) is 0 Å². The van der Waals surface area contributed by atoms with Gasteiger partial charge in [-0.25, -0.2) is 0 Å². The number of thiophene rings is 1. The first-order valence-electron chi connectivity index (χ1n) is 10.9. The highest BCUT2D eigenvalue weighted by Gasteiger charge is 2.22. The summed E-state index contributed by atoms with van der Waals surface area (Å²) in [4.78, 5) is 0. The van der Waals surface area contributed by atoms with E-state index in [4.69, 9.17) is 10.2 Å². The second kappa shape index (κ2) is 7.15. The zero-order valence-electron chi connectivity index (χ0n) is 17.6. The van der Waals surface area contributed by atoms with E-state index in [-0.39, 0.29) is 0 Å². The van der Waals surface area contributed by atoms with Crippen molar-refractivity contribution in [1.29, 1.82) is 0 Å². The van der Waals surface area contributed by atoms with Gasteiger partial charge in [0.05, 0.1) is 16.7 Å². The summed E-state index contributed by atoms with van der Waals surface area (Å²) < 4.78 is 5.69. The summed E-state index contributed by atoms with van der Waals surface area (Å²) in [5, 5.41) is 15.3. The molecule has 0 atom stereocenters. The van der Waals surface area contributed by atoms with Gasteiger partial charge in [-0.1, -0.05) is 72.8 Å². The van der Waals surface area contributed by atoms with Crippen LogP contribution in [0.4, 0.5) is 0 Å². The van der Waals surface area contributed by atoms with E-state index in [0.29, 0.717) is 0 Å². The summed E-state index contributed by atoms with van der Waals surface area (Å²) in [6.45, 7) is 0. The van der Waals surface area contributed by atoms with Crippen molar-refractivity contribution in [2.45, 2.75) is 0 Å². The Morgan fingerprint density at radius 1 is 0.576 bits per heavy atom. The van der Waals surface area contributed by atoms with Gasteiger partial charge < -0.3 is 0 Å². The molecule has 3 aromatic heterocycles. The van der Waals surface area contributed by atoms with Crippen molar-refractivity contribution in [3.8, 4) is 23.0 Å². The molecule has 4 aromatic carbocycles. The average molecular weight is 443 g/mol. The number of para-hydroxylation sites is 2. The van der Waals surface area contributed by atoms with Crippen molar-refractivity contribution in [2.24, 2.45) is 0 Å². The highest BCUT2D eigenvalue weighted by Crippen LogP contribution is 2.38. The predicted octanol–water partition coefficient (Wildman–Crippen LogP) is 7.25. The van der Waals surface area contributed by atoms with E-state index in [1.165, 1.54) is 26.4 Å². The standard InChI is InChI=1S/C28H18N4S/c1-3-9-19(10-4-1)27-29-30-28(31(27)20-11-5-2-6-12-20)32-24-14-8-7-13-21(24)22-15-16-25-23(26(22)32)17-18-33-25/h1-18H. The Balaban J connectivity index is 1.66. The maximum atomic E-state index is 4.78. The fraction of sp³-hybridized carbons (Fsp3) is 0. The van der Waals surface area contributed by atoms with Gasteiger partial charge in [0.2, 0.25) is 5.95 Å². The summed E-state index contributed by atoms with van der Waals surface area (Å²) in [5.74, 6) is 1.60. The number of fused-ring (bicyclic) bond motifs is 5. The topological polar surface area (TPSA) is 35.6 Å². The molecule has 0 radical (unpaired) electrons. The minimum atomic E-state index is 0.782. The molecule has 5 heteroatoms. The third-order valence-electron chi connectivity index (χ3n) is 6.16. The second-order valence-electron chi connectivity index (χ2n) is 8.01. The molecule has 0 aliphatic rings. The van der Waals surface area contributed by atoms with Crippen LogP contribution in [0.2, 0.25) is 0 Å². The van der Waals surface area contributed by atoms with E-state index in [0.717, 1.165) is 28.5 Å². The van der Waals surface area contributed by atoms with Crippen LogP contribution in [0.15, 0.2) is 109 Å². The minimum absolute atomic E-state index is 0.782. The lowest BCUT2D eigenvalue weighted by atomic mass is 10.1. The molecule has 0 saturated heterocycles. The fourth-order valence-corrected chi connectivity index (χ4v) is 5.51. The van der Waals surface area contributed by atoms with E-state index in [1.807, 2.05) is 24.3 Å². The molecule has 0 spiro atoms. The molecule has 4 nitrogen and oxygen atoms in total. The number of nitrogens with zero attached hydrogens (tertiary/aromatic N) is 4. The molecule has 7 aromatic rings. The third-order valence-corrected chi connectivity index (χ3v) is 7.04. The first kappa shape index (κ1) is 18.4. The van der Waals surface area contributed by atoms with Crippen LogP contribution in [0.3, 0.4) is 0 Å². The zero-order chi connectivity index (χ0) is 21.8. The molecule has 0 unspecified atom stereocenters. The molecule has 3 heterocycles. The Hall–Kier alpha value is -4.22. The van der Waals surface area contributed by atoms with Gasteiger partial charge in [-0.15, -0.1) is 21.5 Å². The third kappa shape index (κ3) is 2.69. The SMILES string of the molecule is c1ccc(-c2nnc(-n3c4ccccc4c4ccc5sccc5c43)n2-c2ccccc2)cc1. The second-order valence-corrected chi connectivity index (χ2v) is 8.95. The van der Waals surface area contributed by atoms with Crippen molar-refractivity contribution >= 4 is 43.2 Å². The summed E-state index contributed by atoms with van der Waals surface area (Å²) in [6, 6.07) is 35.8. The maximum absolute atomic E-state index is 4.78. The molecular weight excluding hydrogens is 424 g/mol. The number of benzene rings is 4. The lowest BCUT2D eigenvalue weighted by Crippen LogP contribution is -2.06. The van der Waals surface area contributed by atoms with Crippen LogP contribution in [-0.2, 0) is 0 Å². The molecule has 0 fully saturated rings. The van der Waals surface area contributed by atoms with Crippen LogP contribution >= 0.6 is 11.3 Å². The van der Waals surface area contributed by atoms with Crippen LogP contribution in [0.25, 0.3) is 54.9 Å². The predicted molar refractivity (Wildman–Crippen MR) is 137 cm³/mol. The van der Waals surface area contributed by atoms with Crippen LogP contribution in [0.5, 0.6) is 0 Å². The Labute approximate surface area is 194 Å². The van der Waals surface area contributed by atoms with E-state index in [1.54, 1.807) is 11.3 Å². The normalized spacial score (nSPS) is 11.6. The molecule has 0 aliphatic carbocycles. The van der Waals surface area contributed by atoms with Gasteiger partial charge in [-0.3, -0.25) is 9.13 Å². The van der Waals surface area contributed by atoms with Gasteiger partial charge in [-0.2, -0.15) is 0 Å². The molecule has 7 rings (SSSR count). The van der Waals surface area contributed by atoms with Crippen LogP contribution in [0.1, 0.15) is 0 Å². The minimum Gasteiger partial charge on any atom is -0.277 e. The van der Waals surface area contributed by atoms with E-state index < -0.39 is 0 Å². The van der Waals surface area contributed by atoms with Crippen LogP contribution in [0, 0.1) is 0 Å². The van der Waals surface area contributed by atoms with Gasteiger partial charge in [0, 0.05) is 26.4 Å². The smallest absolute Gasteiger partial charge is 0.241 e. The summed E-state index contributed by atoms with van der Waals surface area (Å²) >= 11 is 1.76. The Morgan fingerprint density at radius 3 is 2.18 bits per heavy atom. The number of hydrogen-bond acceptors (Lipinski definition) is 3. The van der Waals surface area contributed by atoms with Crippen LogP contribution in [-0.4, -0.2) is 19.3 Å². The van der Waals surface area contributed by atoms with Gasteiger partial charge in [0.25, 0.3) is 0 Å². The van der Waals surface area contributed by atoms with Crippen molar-refractivity contribution in [1.82, 2.24) is 19.3 Å².